The summed E-state index contributed by atoms with van der Waals surface area (Å²) in [6.07, 6.45) is 4.98. The molecule has 0 aliphatic carbocycles. The molecule has 15 heavy (non-hydrogen) atoms. The molecule has 4 nitrogen and oxygen atoms in total. The maximum Gasteiger partial charge on any atom is 0.214 e. The van der Waals surface area contributed by atoms with Crippen molar-refractivity contribution in [3.8, 4) is 6.07 Å². The summed E-state index contributed by atoms with van der Waals surface area (Å²) in [5.74, 6) is 0.126. The van der Waals surface area contributed by atoms with Gasteiger partial charge in [0.15, 0.2) is 0 Å². The fourth-order valence-electron chi connectivity index (χ4n) is 1.78. The second-order valence-corrected chi connectivity index (χ2v) is 5.98. The van der Waals surface area contributed by atoms with Crippen LogP contribution < -0.4 is 0 Å². The van der Waals surface area contributed by atoms with Gasteiger partial charge in [0.2, 0.25) is 10.0 Å². The van der Waals surface area contributed by atoms with Gasteiger partial charge in [-0.15, -0.1) is 0 Å². The lowest BCUT2D eigenvalue weighted by molar-refractivity contribution is 0.423. The molecule has 86 valence electrons. The van der Waals surface area contributed by atoms with Gasteiger partial charge in [-0.2, -0.15) is 5.26 Å². The minimum atomic E-state index is -3.10. The number of nitrogens with zero attached hydrogens (tertiary/aromatic N) is 2. The Morgan fingerprint density at radius 3 is 2.27 bits per heavy atom. The normalized spacial score (nSPS) is 19.4. The second kappa shape index (κ2) is 6.09. The van der Waals surface area contributed by atoms with Gasteiger partial charge in [-0.25, -0.2) is 12.7 Å². The van der Waals surface area contributed by atoms with E-state index in [-0.39, 0.29) is 5.75 Å². The number of nitriles is 1. The van der Waals surface area contributed by atoms with Gasteiger partial charge in [0.1, 0.15) is 0 Å². The highest BCUT2D eigenvalue weighted by atomic mass is 32.2. The third-order valence-corrected chi connectivity index (χ3v) is 4.61. The van der Waals surface area contributed by atoms with Crippen molar-refractivity contribution >= 4 is 10.0 Å². The van der Waals surface area contributed by atoms with Crippen LogP contribution in [-0.2, 0) is 10.0 Å². The highest BCUT2D eigenvalue weighted by Gasteiger charge is 2.21. The zero-order chi connectivity index (χ0) is 11.1. The van der Waals surface area contributed by atoms with Crippen molar-refractivity contribution < 1.29 is 8.42 Å². The highest BCUT2D eigenvalue weighted by molar-refractivity contribution is 7.89. The first-order valence-electron chi connectivity index (χ1n) is 5.51. The van der Waals surface area contributed by atoms with Crippen LogP contribution in [0, 0.1) is 11.3 Å². The first-order chi connectivity index (χ1) is 7.17. The van der Waals surface area contributed by atoms with E-state index in [4.69, 9.17) is 5.26 Å². The SMILES string of the molecule is N#CCCCS(=O)(=O)N1CCCCCC1. The van der Waals surface area contributed by atoms with Crippen LogP contribution in [0.2, 0.25) is 0 Å². The third kappa shape index (κ3) is 4.18. The molecule has 0 saturated carbocycles. The molecule has 0 N–H and O–H groups in total. The summed E-state index contributed by atoms with van der Waals surface area (Å²) in [5, 5.41) is 8.36. The van der Waals surface area contributed by atoms with E-state index in [2.05, 4.69) is 0 Å². The Morgan fingerprint density at radius 2 is 1.73 bits per heavy atom. The molecule has 1 aliphatic rings. The van der Waals surface area contributed by atoms with Crippen LogP contribution >= 0.6 is 0 Å². The van der Waals surface area contributed by atoms with Crippen molar-refractivity contribution in [2.45, 2.75) is 38.5 Å². The van der Waals surface area contributed by atoms with Crippen LogP contribution in [0.25, 0.3) is 0 Å². The molecule has 0 atom stereocenters. The van der Waals surface area contributed by atoms with Gasteiger partial charge >= 0.3 is 0 Å². The van der Waals surface area contributed by atoms with Crippen LogP contribution in [0.3, 0.4) is 0 Å². The summed E-state index contributed by atoms with van der Waals surface area (Å²) in [4.78, 5) is 0. The molecule has 0 aromatic heterocycles. The summed E-state index contributed by atoms with van der Waals surface area (Å²) in [5.41, 5.74) is 0. The van der Waals surface area contributed by atoms with Crippen LogP contribution in [0.1, 0.15) is 38.5 Å². The number of hydrogen-bond acceptors (Lipinski definition) is 3. The van der Waals surface area contributed by atoms with Gasteiger partial charge in [0.05, 0.1) is 11.8 Å². The molecule has 1 aliphatic heterocycles. The monoisotopic (exact) mass is 230 g/mol. The first kappa shape index (κ1) is 12.5. The molecule has 0 spiro atoms. The number of unbranched alkanes of at least 4 members (excludes halogenated alkanes) is 1. The van der Waals surface area contributed by atoms with E-state index in [0.29, 0.717) is 25.9 Å². The van der Waals surface area contributed by atoms with E-state index in [9.17, 15) is 8.42 Å². The van der Waals surface area contributed by atoms with E-state index in [0.717, 1.165) is 25.7 Å². The number of rotatable bonds is 4. The van der Waals surface area contributed by atoms with Crippen LogP contribution in [0.4, 0.5) is 0 Å². The number of sulfonamides is 1. The summed E-state index contributed by atoms with van der Waals surface area (Å²) in [6.45, 7) is 1.32. The van der Waals surface area contributed by atoms with Crippen LogP contribution in [0.5, 0.6) is 0 Å². The summed E-state index contributed by atoms with van der Waals surface area (Å²) in [7, 11) is -3.10. The van der Waals surface area contributed by atoms with Crippen LogP contribution in [-0.4, -0.2) is 31.6 Å². The summed E-state index contributed by atoms with van der Waals surface area (Å²) in [6, 6.07) is 1.97. The van der Waals surface area contributed by atoms with Crippen molar-refractivity contribution in [3.05, 3.63) is 0 Å². The smallest absolute Gasteiger partial charge is 0.212 e. The quantitative estimate of drug-likeness (QED) is 0.687. The van der Waals surface area contributed by atoms with E-state index in [1.54, 1.807) is 4.31 Å². The summed E-state index contributed by atoms with van der Waals surface area (Å²) < 4.78 is 25.3. The van der Waals surface area contributed by atoms with Gasteiger partial charge in [0, 0.05) is 19.5 Å². The Kier molecular flexibility index (Phi) is 5.06. The van der Waals surface area contributed by atoms with Gasteiger partial charge in [0.25, 0.3) is 0 Å². The Labute approximate surface area is 91.9 Å². The minimum absolute atomic E-state index is 0.126. The van der Waals surface area contributed by atoms with Crippen molar-refractivity contribution in [2.24, 2.45) is 0 Å². The zero-order valence-electron chi connectivity index (χ0n) is 8.98. The lowest BCUT2D eigenvalue weighted by Crippen LogP contribution is -2.33. The van der Waals surface area contributed by atoms with Crippen molar-refractivity contribution in [1.82, 2.24) is 4.31 Å². The average Bonchev–Trinajstić information content (AvgIpc) is 2.46. The van der Waals surface area contributed by atoms with Crippen molar-refractivity contribution in [1.29, 1.82) is 5.26 Å². The maximum atomic E-state index is 11.8. The van der Waals surface area contributed by atoms with Gasteiger partial charge in [-0.1, -0.05) is 12.8 Å². The third-order valence-electron chi connectivity index (χ3n) is 2.65. The molecule has 0 aromatic carbocycles. The molecule has 0 unspecified atom stereocenters. The molecule has 0 radical (unpaired) electrons. The maximum absolute atomic E-state index is 11.8. The van der Waals surface area contributed by atoms with Gasteiger partial charge in [-0.05, 0) is 19.3 Å². The topological polar surface area (TPSA) is 61.2 Å². The lowest BCUT2D eigenvalue weighted by Gasteiger charge is -2.19. The standard InChI is InChI=1S/C10H18N2O2S/c11-7-3-6-10-15(13,14)12-8-4-1-2-5-9-12/h1-6,8-10H2. The predicted molar refractivity (Wildman–Crippen MR) is 58.7 cm³/mol. The largest absolute Gasteiger partial charge is 0.214 e. The molecule has 0 amide bonds. The van der Waals surface area contributed by atoms with E-state index in [1.807, 2.05) is 6.07 Å². The van der Waals surface area contributed by atoms with E-state index in [1.165, 1.54) is 0 Å². The molecule has 1 fully saturated rings. The molecule has 0 aromatic rings. The zero-order valence-corrected chi connectivity index (χ0v) is 9.80. The number of hydrogen-bond donors (Lipinski definition) is 0. The Hall–Kier alpha value is -0.600. The molecule has 5 heteroatoms. The summed E-state index contributed by atoms with van der Waals surface area (Å²) >= 11 is 0. The average molecular weight is 230 g/mol. The predicted octanol–water partition coefficient (Wildman–Crippen LogP) is 1.50. The highest BCUT2D eigenvalue weighted by Crippen LogP contribution is 2.14. The van der Waals surface area contributed by atoms with E-state index >= 15 is 0 Å². The second-order valence-electron chi connectivity index (χ2n) is 3.89. The molecule has 1 rings (SSSR count). The first-order valence-corrected chi connectivity index (χ1v) is 7.12. The minimum Gasteiger partial charge on any atom is -0.212 e. The van der Waals surface area contributed by atoms with Crippen molar-refractivity contribution in [3.63, 3.8) is 0 Å². The molecule has 0 bridgehead atoms. The Balaban J connectivity index is 2.48. The Morgan fingerprint density at radius 1 is 1.13 bits per heavy atom. The fourth-order valence-corrected chi connectivity index (χ4v) is 3.36. The van der Waals surface area contributed by atoms with Gasteiger partial charge < -0.3 is 0 Å². The fraction of sp³-hybridized carbons (Fsp3) is 0.900. The lowest BCUT2D eigenvalue weighted by atomic mass is 10.2. The molecule has 1 saturated heterocycles. The Bertz CT molecular complexity index is 311. The molecular weight excluding hydrogens is 212 g/mol. The van der Waals surface area contributed by atoms with E-state index < -0.39 is 10.0 Å². The van der Waals surface area contributed by atoms with Gasteiger partial charge in [-0.3, -0.25) is 0 Å². The molecule has 1 heterocycles. The van der Waals surface area contributed by atoms with Crippen LogP contribution in [0.15, 0.2) is 0 Å². The molecular formula is C10H18N2O2S. The van der Waals surface area contributed by atoms with Crippen molar-refractivity contribution in [2.75, 3.05) is 18.8 Å².